The first-order valence-corrected chi connectivity index (χ1v) is 7.95. The zero-order valence-electron chi connectivity index (χ0n) is 10.6. The van der Waals surface area contributed by atoms with Crippen LogP contribution in [0.3, 0.4) is 0 Å². The van der Waals surface area contributed by atoms with Gasteiger partial charge in [-0.1, -0.05) is 24.9 Å². The van der Waals surface area contributed by atoms with Crippen molar-refractivity contribution in [2.45, 2.75) is 31.2 Å². The standard InChI is InChI=1S/C11H18ClN3O2S/c1-3-15(7-9-5-4-6-9)18(16,17)11-10(12)14(2)8-13-11/h8-9H,3-7H2,1-2H3. The lowest BCUT2D eigenvalue weighted by molar-refractivity contribution is 0.249. The average Bonchev–Trinajstić information content (AvgIpc) is 2.58. The Morgan fingerprint density at radius 1 is 1.56 bits per heavy atom. The number of halogens is 1. The van der Waals surface area contributed by atoms with Gasteiger partial charge in [0.1, 0.15) is 5.15 Å². The molecule has 0 aliphatic heterocycles. The number of aromatic nitrogens is 2. The summed E-state index contributed by atoms with van der Waals surface area (Å²) < 4.78 is 27.9. The number of hydrogen-bond acceptors (Lipinski definition) is 3. The minimum absolute atomic E-state index is 0.0344. The average molecular weight is 292 g/mol. The molecule has 0 aromatic carbocycles. The highest BCUT2D eigenvalue weighted by Gasteiger charge is 2.31. The topological polar surface area (TPSA) is 55.2 Å². The van der Waals surface area contributed by atoms with E-state index in [1.807, 2.05) is 6.92 Å². The largest absolute Gasteiger partial charge is 0.324 e. The summed E-state index contributed by atoms with van der Waals surface area (Å²) in [6.07, 6.45) is 4.85. The van der Waals surface area contributed by atoms with Crippen molar-refractivity contribution in [3.63, 3.8) is 0 Å². The Morgan fingerprint density at radius 2 is 2.22 bits per heavy atom. The maximum absolute atomic E-state index is 12.4. The summed E-state index contributed by atoms with van der Waals surface area (Å²) in [4.78, 5) is 3.91. The molecule has 0 radical (unpaired) electrons. The van der Waals surface area contributed by atoms with Gasteiger partial charge in [-0.2, -0.15) is 4.31 Å². The minimum Gasteiger partial charge on any atom is -0.324 e. The molecule has 0 unspecified atom stereocenters. The second-order valence-corrected chi connectivity index (χ2v) is 6.92. The summed E-state index contributed by atoms with van der Waals surface area (Å²) in [5.41, 5.74) is 0. The molecule has 5 nitrogen and oxygen atoms in total. The number of imidazole rings is 1. The fourth-order valence-corrected chi connectivity index (χ4v) is 3.96. The van der Waals surface area contributed by atoms with Gasteiger partial charge in [-0.15, -0.1) is 0 Å². The molecule has 1 aromatic heterocycles. The Hall–Kier alpha value is -0.590. The van der Waals surface area contributed by atoms with Crippen molar-refractivity contribution in [1.29, 1.82) is 0 Å². The van der Waals surface area contributed by atoms with Crippen molar-refractivity contribution in [3.8, 4) is 0 Å². The van der Waals surface area contributed by atoms with Crippen LogP contribution in [0.25, 0.3) is 0 Å². The van der Waals surface area contributed by atoms with E-state index in [-0.39, 0.29) is 10.2 Å². The van der Waals surface area contributed by atoms with Crippen molar-refractivity contribution in [2.24, 2.45) is 13.0 Å². The zero-order valence-corrected chi connectivity index (χ0v) is 12.2. The van der Waals surface area contributed by atoms with E-state index in [1.165, 1.54) is 21.6 Å². The molecule has 18 heavy (non-hydrogen) atoms. The minimum atomic E-state index is -3.56. The number of nitrogens with zero attached hydrogens (tertiary/aromatic N) is 3. The number of sulfonamides is 1. The fourth-order valence-electron chi connectivity index (χ4n) is 2.05. The molecule has 7 heteroatoms. The highest BCUT2D eigenvalue weighted by molar-refractivity contribution is 7.89. The molecule has 0 spiro atoms. The van der Waals surface area contributed by atoms with E-state index in [0.717, 1.165) is 12.8 Å². The molecule has 0 atom stereocenters. The molecule has 0 saturated heterocycles. The quantitative estimate of drug-likeness (QED) is 0.832. The molecule has 2 rings (SSSR count). The van der Waals surface area contributed by atoms with E-state index in [4.69, 9.17) is 11.6 Å². The van der Waals surface area contributed by atoms with E-state index in [2.05, 4.69) is 4.98 Å². The lowest BCUT2D eigenvalue weighted by atomic mass is 9.85. The van der Waals surface area contributed by atoms with Crippen LogP contribution in [0.5, 0.6) is 0 Å². The van der Waals surface area contributed by atoms with E-state index in [1.54, 1.807) is 7.05 Å². The Bertz CT molecular complexity index is 522. The fraction of sp³-hybridized carbons (Fsp3) is 0.727. The van der Waals surface area contributed by atoms with Gasteiger partial charge in [0.25, 0.3) is 10.0 Å². The van der Waals surface area contributed by atoms with Gasteiger partial charge in [0, 0.05) is 20.1 Å². The normalized spacial score (nSPS) is 17.1. The lowest BCUT2D eigenvalue weighted by Crippen LogP contribution is -2.37. The lowest BCUT2D eigenvalue weighted by Gasteiger charge is -2.30. The summed E-state index contributed by atoms with van der Waals surface area (Å²) in [5, 5.41) is 0.134. The van der Waals surface area contributed by atoms with E-state index < -0.39 is 10.0 Å². The SMILES string of the molecule is CCN(CC1CCC1)S(=O)(=O)c1ncn(C)c1Cl. The van der Waals surface area contributed by atoms with E-state index in [9.17, 15) is 8.42 Å². The van der Waals surface area contributed by atoms with Gasteiger partial charge in [0.2, 0.25) is 5.03 Å². The molecule has 1 aliphatic rings. The number of rotatable bonds is 5. The van der Waals surface area contributed by atoms with Crippen LogP contribution < -0.4 is 0 Å². The summed E-state index contributed by atoms with van der Waals surface area (Å²) in [7, 11) is -1.89. The molecular weight excluding hydrogens is 274 g/mol. The van der Waals surface area contributed by atoms with Crippen LogP contribution in [0, 0.1) is 5.92 Å². The molecular formula is C11H18ClN3O2S. The van der Waals surface area contributed by atoms with E-state index in [0.29, 0.717) is 19.0 Å². The highest BCUT2D eigenvalue weighted by Crippen LogP contribution is 2.30. The zero-order chi connectivity index (χ0) is 13.3. The van der Waals surface area contributed by atoms with Gasteiger partial charge in [-0.25, -0.2) is 13.4 Å². The maximum Gasteiger partial charge on any atom is 0.263 e. The Labute approximate surface area is 113 Å². The third kappa shape index (κ3) is 2.41. The first-order valence-electron chi connectivity index (χ1n) is 6.13. The molecule has 1 fully saturated rings. The smallest absolute Gasteiger partial charge is 0.263 e. The van der Waals surface area contributed by atoms with Gasteiger partial charge in [-0.05, 0) is 18.8 Å². The van der Waals surface area contributed by atoms with Crippen LogP contribution in [0.15, 0.2) is 11.4 Å². The molecule has 1 saturated carbocycles. The molecule has 1 heterocycles. The molecule has 0 amide bonds. The van der Waals surface area contributed by atoms with Crippen molar-refractivity contribution in [1.82, 2.24) is 13.9 Å². The van der Waals surface area contributed by atoms with Crippen LogP contribution in [0.2, 0.25) is 5.15 Å². The molecule has 1 aromatic rings. The predicted molar refractivity (Wildman–Crippen MR) is 70.0 cm³/mol. The van der Waals surface area contributed by atoms with Gasteiger partial charge in [0.15, 0.2) is 0 Å². The van der Waals surface area contributed by atoms with Crippen molar-refractivity contribution < 1.29 is 8.42 Å². The molecule has 0 N–H and O–H groups in total. The summed E-state index contributed by atoms with van der Waals surface area (Å²) in [5.74, 6) is 0.488. The predicted octanol–water partition coefficient (Wildman–Crippen LogP) is 1.88. The highest BCUT2D eigenvalue weighted by atomic mass is 35.5. The third-order valence-corrected chi connectivity index (χ3v) is 5.89. The second-order valence-electron chi connectivity index (χ2n) is 4.70. The summed E-state index contributed by atoms with van der Waals surface area (Å²) >= 11 is 5.97. The second kappa shape index (κ2) is 5.19. The monoisotopic (exact) mass is 291 g/mol. The Morgan fingerprint density at radius 3 is 2.61 bits per heavy atom. The Kier molecular flexibility index (Phi) is 3.99. The van der Waals surface area contributed by atoms with Crippen molar-refractivity contribution in [3.05, 3.63) is 11.5 Å². The van der Waals surface area contributed by atoms with E-state index >= 15 is 0 Å². The first kappa shape index (κ1) is 13.8. The van der Waals surface area contributed by atoms with Crippen LogP contribution in [0.4, 0.5) is 0 Å². The molecule has 0 bridgehead atoms. The molecule has 102 valence electrons. The van der Waals surface area contributed by atoms with Gasteiger partial charge in [-0.3, -0.25) is 0 Å². The van der Waals surface area contributed by atoms with Crippen LogP contribution in [0.1, 0.15) is 26.2 Å². The van der Waals surface area contributed by atoms with Crippen molar-refractivity contribution in [2.75, 3.05) is 13.1 Å². The summed E-state index contributed by atoms with van der Waals surface area (Å²) in [6, 6.07) is 0. The number of hydrogen-bond donors (Lipinski definition) is 0. The summed E-state index contributed by atoms with van der Waals surface area (Å²) in [6.45, 7) is 2.87. The maximum atomic E-state index is 12.4. The van der Waals surface area contributed by atoms with Crippen molar-refractivity contribution >= 4 is 21.6 Å². The first-order chi connectivity index (χ1) is 8.46. The van der Waals surface area contributed by atoms with Crippen LogP contribution in [-0.2, 0) is 17.1 Å². The third-order valence-electron chi connectivity index (χ3n) is 3.46. The van der Waals surface area contributed by atoms with Crippen LogP contribution in [-0.4, -0.2) is 35.4 Å². The van der Waals surface area contributed by atoms with Gasteiger partial charge in [0.05, 0.1) is 6.33 Å². The number of aryl methyl sites for hydroxylation is 1. The van der Waals surface area contributed by atoms with Crippen LogP contribution >= 0.6 is 11.6 Å². The molecule has 1 aliphatic carbocycles. The Balaban J connectivity index is 2.24. The van der Waals surface area contributed by atoms with Gasteiger partial charge >= 0.3 is 0 Å². The van der Waals surface area contributed by atoms with Gasteiger partial charge < -0.3 is 4.57 Å².